The maximum atomic E-state index is 12.3. The third-order valence-electron chi connectivity index (χ3n) is 3.50. The molecule has 0 aliphatic heterocycles. The summed E-state index contributed by atoms with van der Waals surface area (Å²) in [7, 11) is 4.21. The van der Waals surface area contributed by atoms with Gasteiger partial charge in [-0.25, -0.2) is 19.6 Å². The van der Waals surface area contributed by atoms with Crippen molar-refractivity contribution in [2.75, 3.05) is 21.3 Å². The van der Waals surface area contributed by atoms with E-state index in [1.165, 1.54) is 33.5 Å². The van der Waals surface area contributed by atoms with Gasteiger partial charge in [-0.05, 0) is 12.1 Å². The molecule has 0 saturated heterocycles. The van der Waals surface area contributed by atoms with Crippen molar-refractivity contribution in [3.05, 3.63) is 46.4 Å². The third-order valence-corrected chi connectivity index (χ3v) is 3.50. The fraction of sp³-hybridized carbons (Fsp3) is 0.176. The summed E-state index contributed by atoms with van der Waals surface area (Å²) in [5.74, 6) is 0.199. The number of benzene rings is 1. The molecule has 0 amide bonds. The van der Waals surface area contributed by atoms with Gasteiger partial charge in [-0.1, -0.05) is 6.07 Å². The molecule has 2 aromatic heterocycles. The number of methoxy groups -OCH3 is 3. The molecule has 0 N–H and O–H groups in total. The van der Waals surface area contributed by atoms with Crippen molar-refractivity contribution >= 4 is 16.9 Å². The highest BCUT2D eigenvalue weighted by molar-refractivity contribution is 5.88. The van der Waals surface area contributed by atoms with Crippen molar-refractivity contribution in [3.8, 4) is 23.1 Å². The summed E-state index contributed by atoms with van der Waals surface area (Å²) in [6.07, 6.45) is 0. The number of pyridine rings is 1. The molecule has 8 nitrogen and oxygen atoms in total. The first-order valence-electron chi connectivity index (χ1n) is 7.20. The second-order valence-corrected chi connectivity index (χ2v) is 4.93. The van der Waals surface area contributed by atoms with Gasteiger partial charge in [-0.2, -0.15) is 0 Å². The number of fused-ring (bicyclic) bond motifs is 1. The van der Waals surface area contributed by atoms with E-state index in [4.69, 9.17) is 13.9 Å². The Kier molecular flexibility index (Phi) is 4.34. The molecular formula is C17H14N2O6. The third kappa shape index (κ3) is 3.01. The smallest absolute Gasteiger partial charge is 0.356 e. The number of ether oxygens (including phenoxy) is 3. The zero-order valence-electron chi connectivity index (χ0n) is 13.7. The van der Waals surface area contributed by atoms with Gasteiger partial charge in [0.2, 0.25) is 5.89 Å². The van der Waals surface area contributed by atoms with Crippen molar-refractivity contribution < 1.29 is 23.4 Å². The molecule has 0 bridgehead atoms. The van der Waals surface area contributed by atoms with E-state index in [0.29, 0.717) is 17.0 Å². The van der Waals surface area contributed by atoms with Crippen molar-refractivity contribution in [3.63, 3.8) is 0 Å². The lowest BCUT2D eigenvalue weighted by molar-refractivity contribution is 0.0594. The molecule has 8 heteroatoms. The average Bonchev–Trinajstić information content (AvgIpc) is 2.66. The molecule has 3 rings (SSSR count). The number of aromatic nitrogens is 2. The minimum Gasteiger partial charge on any atom is -0.493 e. The Balaban J connectivity index is 2.18. The SMILES string of the molecule is COC(=O)c1cccc(-c2nc3cc(OC)c(OC)cc3c(=O)o2)n1. The quantitative estimate of drug-likeness (QED) is 0.664. The highest BCUT2D eigenvalue weighted by Gasteiger charge is 2.15. The van der Waals surface area contributed by atoms with Crippen LogP contribution in [-0.2, 0) is 4.74 Å². The first-order chi connectivity index (χ1) is 12.1. The zero-order valence-corrected chi connectivity index (χ0v) is 13.7. The largest absolute Gasteiger partial charge is 0.493 e. The number of esters is 1. The van der Waals surface area contributed by atoms with Crippen LogP contribution < -0.4 is 15.1 Å². The fourth-order valence-electron chi connectivity index (χ4n) is 2.28. The monoisotopic (exact) mass is 342 g/mol. The van der Waals surface area contributed by atoms with E-state index in [1.54, 1.807) is 18.2 Å². The molecule has 0 fully saturated rings. The summed E-state index contributed by atoms with van der Waals surface area (Å²) in [5.41, 5.74) is 0.0638. The Hall–Kier alpha value is -3.42. The highest BCUT2D eigenvalue weighted by atomic mass is 16.5. The van der Waals surface area contributed by atoms with Crippen molar-refractivity contribution in [2.24, 2.45) is 0 Å². The van der Waals surface area contributed by atoms with Gasteiger partial charge in [0.05, 0.1) is 32.2 Å². The van der Waals surface area contributed by atoms with Crippen LogP contribution in [0.15, 0.2) is 39.5 Å². The van der Waals surface area contributed by atoms with Gasteiger partial charge in [0.1, 0.15) is 11.4 Å². The predicted molar refractivity (Wildman–Crippen MR) is 88.0 cm³/mol. The van der Waals surface area contributed by atoms with Crippen LogP contribution in [0.3, 0.4) is 0 Å². The zero-order chi connectivity index (χ0) is 18.0. The summed E-state index contributed by atoms with van der Waals surface area (Å²) < 4.78 is 20.3. The molecule has 0 aliphatic carbocycles. The molecule has 25 heavy (non-hydrogen) atoms. The number of carbonyl (C=O) groups is 1. The van der Waals surface area contributed by atoms with Crippen LogP contribution in [0.2, 0.25) is 0 Å². The summed E-state index contributed by atoms with van der Waals surface area (Å²) >= 11 is 0. The molecule has 3 aromatic rings. The van der Waals surface area contributed by atoms with Crippen molar-refractivity contribution in [2.45, 2.75) is 0 Å². The Morgan fingerprint density at radius 1 is 1.04 bits per heavy atom. The molecule has 0 radical (unpaired) electrons. The van der Waals surface area contributed by atoms with Crippen LogP contribution in [0.1, 0.15) is 10.5 Å². The first kappa shape index (κ1) is 16.4. The van der Waals surface area contributed by atoms with Crippen LogP contribution in [0, 0.1) is 0 Å². The average molecular weight is 342 g/mol. The van der Waals surface area contributed by atoms with Crippen molar-refractivity contribution in [1.29, 1.82) is 0 Å². The van der Waals surface area contributed by atoms with Gasteiger partial charge in [0.15, 0.2) is 11.5 Å². The van der Waals surface area contributed by atoms with Crippen LogP contribution in [-0.4, -0.2) is 37.3 Å². The molecule has 0 aliphatic rings. The molecule has 128 valence electrons. The van der Waals surface area contributed by atoms with Crippen LogP contribution in [0.4, 0.5) is 0 Å². The fourth-order valence-corrected chi connectivity index (χ4v) is 2.28. The van der Waals surface area contributed by atoms with E-state index in [-0.39, 0.29) is 22.7 Å². The molecule has 0 unspecified atom stereocenters. The van der Waals surface area contributed by atoms with Gasteiger partial charge >= 0.3 is 11.6 Å². The van der Waals surface area contributed by atoms with Crippen molar-refractivity contribution in [1.82, 2.24) is 9.97 Å². The normalized spacial score (nSPS) is 10.5. The highest BCUT2D eigenvalue weighted by Crippen LogP contribution is 2.30. The van der Waals surface area contributed by atoms with Gasteiger partial charge < -0.3 is 18.6 Å². The van der Waals surface area contributed by atoms with E-state index in [0.717, 1.165) is 0 Å². The van der Waals surface area contributed by atoms with Crippen LogP contribution in [0.25, 0.3) is 22.5 Å². The molecule has 1 aromatic carbocycles. The summed E-state index contributed by atoms with van der Waals surface area (Å²) in [5, 5.41) is 0.241. The minimum absolute atomic E-state index is 0.0181. The lowest BCUT2D eigenvalue weighted by Gasteiger charge is -2.08. The predicted octanol–water partition coefficient (Wildman–Crippen LogP) is 2.05. The number of carbonyl (C=O) groups excluding carboxylic acids is 1. The summed E-state index contributed by atoms with van der Waals surface area (Å²) in [6.45, 7) is 0. The van der Waals surface area contributed by atoms with Crippen LogP contribution >= 0.6 is 0 Å². The Bertz CT molecular complexity index is 1010. The minimum atomic E-state index is -0.605. The lowest BCUT2D eigenvalue weighted by Crippen LogP contribution is -2.07. The van der Waals surface area contributed by atoms with E-state index in [2.05, 4.69) is 14.7 Å². The van der Waals surface area contributed by atoms with Gasteiger partial charge in [0, 0.05) is 12.1 Å². The van der Waals surface area contributed by atoms with E-state index in [1.807, 2.05) is 0 Å². The topological polar surface area (TPSA) is 101 Å². The lowest BCUT2D eigenvalue weighted by atomic mass is 10.2. The molecule has 0 atom stereocenters. The van der Waals surface area contributed by atoms with E-state index >= 15 is 0 Å². The second-order valence-electron chi connectivity index (χ2n) is 4.93. The molecular weight excluding hydrogens is 328 g/mol. The van der Waals surface area contributed by atoms with Gasteiger partial charge in [-0.3, -0.25) is 0 Å². The van der Waals surface area contributed by atoms with E-state index < -0.39 is 11.6 Å². The van der Waals surface area contributed by atoms with E-state index in [9.17, 15) is 9.59 Å². The van der Waals surface area contributed by atoms with Crippen LogP contribution in [0.5, 0.6) is 11.5 Å². The number of nitrogens with zero attached hydrogens (tertiary/aromatic N) is 2. The Morgan fingerprint density at radius 3 is 2.44 bits per heavy atom. The standard InChI is InChI=1S/C17H14N2O6/c1-22-13-7-9-12(8-14(13)23-2)19-15(25-16(9)20)10-5-4-6-11(18-10)17(21)24-3/h4-8H,1-3H3. The molecule has 0 saturated carbocycles. The Morgan fingerprint density at radius 2 is 1.76 bits per heavy atom. The molecule has 0 spiro atoms. The number of hydrogen-bond donors (Lipinski definition) is 0. The summed E-state index contributed by atoms with van der Waals surface area (Å²) in [4.78, 5) is 32.3. The number of rotatable bonds is 4. The maximum Gasteiger partial charge on any atom is 0.356 e. The van der Waals surface area contributed by atoms with Gasteiger partial charge in [-0.15, -0.1) is 0 Å². The maximum absolute atomic E-state index is 12.3. The second kappa shape index (κ2) is 6.60. The molecule has 2 heterocycles. The Labute approximate surface area is 142 Å². The van der Waals surface area contributed by atoms with Gasteiger partial charge in [0.25, 0.3) is 0 Å². The first-order valence-corrected chi connectivity index (χ1v) is 7.20. The number of hydrogen-bond acceptors (Lipinski definition) is 8. The summed E-state index contributed by atoms with van der Waals surface area (Å²) in [6, 6.07) is 7.72.